The Kier molecular flexibility index (Phi) is 2.43. The van der Waals surface area contributed by atoms with Crippen molar-refractivity contribution in [3.05, 3.63) is 45.1 Å². The fourth-order valence-electron chi connectivity index (χ4n) is 1.34. The van der Waals surface area contributed by atoms with Gasteiger partial charge in [0.2, 0.25) is 0 Å². The van der Waals surface area contributed by atoms with E-state index in [1.807, 2.05) is 6.07 Å². The number of aromatic nitrogens is 1. The van der Waals surface area contributed by atoms with Gasteiger partial charge in [-0.25, -0.2) is 0 Å². The molecule has 0 N–H and O–H groups in total. The van der Waals surface area contributed by atoms with E-state index in [0.29, 0.717) is 10.9 Å². The van der Waals surface area contributed by atoms with Crippen LogP contribution < -0.4 is 0 Å². The van der Waals surface area contributed by atoms with Gasteiger partial charge < -0.3 is 0 Å². The molecule has 0 unspecified atom stereocenters. The van der Waals surface area contributed by atoms with E-state index in [1.54, 1.807) is 0 Å². The van der Waals surface area contributed by atoms with E-state index in [-0.39, 0.29) is 16.3 Å². The number of nitro benzene ring substituents is 1. The van der Waals surface area contributed by atoms with Gasteiger partial charge in [-0.3, -0.25) is 15.1 Å². The van der Waals surface area contributed by atoms with Crippen LogP contribution >= 0.6 is 11.6 Å². The molecule has 2 rings (SSSR count). The molecular formula is C10H4ClN3O2. The third-order valence-corrected chi connectivity index (χ3v) is 2.52. The second-order valence-corrected chi connectivity index (χ2v) is 3.43. The highest BCUT2D eigenvalue weighted by Gasteiger charge is 2.11. The van der Waals surface area contributed by atoms with Crippen LogP contribution in [0.1, 0.15) is 5.56 Å². The summed E-state index contributed by atoms with van der Waals surface area (Å²) >= 11 is 5.93. The standard InChI is InChI=1S/C10H4ClN3O2/c11-10-6(4-12)5-13-9-2-1-7(14(15)16)3-8(9)10/h1-3,5H. The summed E-state index contributed by atoms with van der Waals surface area (Å²) in [4.78, 5) is 14.1. The van der Waals surface area contributed by atoms with Crippen molar-refractivity contribution in [3.8, 4) is 6.07 Å². The van der Waals surface area contributed by atoms with E-state index in [4.69, 9.17) is 16.9 Å². The third kappa shape index (κ3) is 1.55. The lowest BCUT2D eigenvalue weighted by Crippen LogP contribution is -1.90. The minimum absolute atomic E-state index is 0.0775. The SMILES string of the molecule is N#Cc1cnc2ccc([N+](=O)[O-])cc2c1Cl. The largest absolute Gasteiger partial charge is 0.270 e. The topological polar surface area (TPSA) is 79.8 Å². The predicted octanol–water partition coefficient (Wildman–Crippen LogP) is 2.67. The molecule has 0 saturated carbocycles. The number of nitro groups is 1. The van der Waals surface area contributed by atoms with Crippen LogP contribution in [-0.2, 0) is 0 Å². The first-order valence-corrected chi connectivity index (χ1v) is 4.64. The summed E-state index contributed by atoms with van der Waals surface area (Å²) in [6.07, 6.45) is 1.34. The molecule has 1 aromatic heterocycles. The number of benzene rings is 1. The maximum Gasteiger partial charge on any atom is 0.270 e. The number of hydrogen-bond acceptors (Lipinski definition) is 4. The van der Waals surface area contributed by atoms with E-state index in [1.165, 1.54) is 24.4 Å². The Balaban J connectivity index is 2.80. The van der Waals surface area contributed by atoms with Gasteiger partial charge in [-0.2, -0.15) is 5.26 Å². The fourth-order valence-corrected chi connectivity index (χ4v) is 1.58. The molecule has 2 aromatic rings. The van der Waals surface area contributed by atoms with Crippen LogP contribution in [0.5, 0.6) is 0 Å². The van der Waals surface area contributed by atoms with Crippen molar-refractivity contribution >= 4 is 28.2 Å². The van der Waals surface area contributed by atoms with Crippen LogP contribution in [-0.4, -0.2) is 9.91 Å². The molecule has 78 valence electrons. The van der Waals surface area contributed by atoms with E-state index in [2.05, 4.69) is 4.98 Å². The zero-order chi connectivity index (χ0) is 11.7. The van der Waals surface area contributed by atoms with E-state index in [0.717, 1.165) is 0 Å². The van der Waals surface area contributed by atoms with Crippen LogP contribution in [0, 0.1) is 21.4 Å². The van der Waals surface area contributed by atoms with Crippen LogP contribution in [0.25, 0.3) is 10.9 Å². The molecule has 5 nitrogen and oxygen atoms in total. The molecule has 0 spiro atoms. The lowest BCUT2D eigenvalue weighted by atomic mass is 10.1. The molecule has 0 atom stereocenters. The van der Waals surface area contributed by atoms with E-state index in [9.17, 15) is 10.1 Å². The highest BCUT2D eigenvalue weighted by atomic mass is 35.5. The number of nitrogens with zero attached hydrogens (tertiary/aromatic N) is 3. The smallest absolute Gasteiger partial charge is 0.258 e. The zero-order valence-electron chi connectivity index (χ0n) is 7.85. The van der Waals surface area contributed by atoms with Crippen molar-refractivity contribution in [1.82, 2.24) is 4.98 Å². The molecule has 0 fully saturated rings. The first-order valence-electron chi connectivity index (χ1n) is 4.26. The summed E-state index contributed by atoms with van der Waals surface area (Å²) in [6, 6.07) is 6.03. The van der Waals surface area contributed by atoms with Crippen molar-refractivity contribution in [2.24, 2.45) is 0 Å². The molecular weight excluding hydrogens is 230 g/mol. The number of pyridine rings is 1. The molecule has 6 heteroatoms. The van der Waals surface area contributed by atoms with Gasteiger partial charge in [-0.15, -0.1) is 0 Å². The Morgan fingerprint density at radius 2 is 2.25 bits per heavy atom. The summed E-state index contributed by atoms with van der Waals surface area (Å²) < 4.78 is 0. The Labute approximate surface area is 95.0 Å². The molecule has 0 aliphatic rings. The van der Waals surface area contributed by atoms with Crippen molar-refractivity contribution < 1.29 is 4.92 Å². The summed E-state index contributed by atoms with van der Waals surface area (Å²) in [5.74, 6) is 0. The average Bonchev–Trinajstić information content (AvgIpc) is 2.29. The monoisotopic (exact) mass is 233 g/mol. The molecule has 16 heavy (non-hydrogen) atoms. The van der Waals surface area contributed by atoms with Gasteiger partial charge in [0, 0.05) is 23.7 Å². The quantitative estimate of drug-likeness (QED) is 0.560. The van der Waals surface area contributed by atoms with Gasteiger partial charge in [0.05, 0.1) is 21.0 Å². The van der Waals surface area contributed by atoms with Gasteiger partial charge in [0.25, 0.3) is 5.69 Å². The number of non-ortho nitro benzene ring substituents is 1. The molecule has 1 heterocycles. The van der Waals surface area contributed by atoms with Crippen LogP contribution in [0.3, 0.4) is 0 Å². The molecule has 0 aliphatic carbocycles. The maximum atomic E-state index is 10.6. The van der Waals surface area contributed by atoms with Crippen molar-refractivity contribution in [2.75, 3.05) is 0 Å². The number of nitriles is 1. The lowest BCUT2D eigenvalue weighted by Gasteiger charge is -2.00. The first kappa shape index (κ1) is 10.3. The Morgan fingerprint density at radius 3 is 2.88 bits per heavy atom. The summed E-state index contributed by atoms with van der Waals surface area (Å²) in [5, 5.41) is 19.9. The summed E-state index contributed by atoms with van der Waals surface area (Å²) in [7, 11) is 0. The molecule has 0 saturated heterocycles. The lowest BCUT2D eigenvalue weighted by molar-refractivity contribution is -0.384. The second kappa shape index (κ2) is 3.76. The third-order valence-electron chi connectivity index (χ3n) is 2.12. The van der Waals surface area contributed by atoms with Crippen LogP contribution in [0.2, 0.25) is 5.02 Å². The maximum absolute atomic E-state index is 10.6. The Morgan fingerprint density at radius 1 is 1.50 bits per heavy atom. The number of hydrogen-bond donors (Lipinski definition) is 0. The second-order valence-electron chi connectivity index (χ2n) is 3.06. The highest BCUT2D eigenvalue weighted by molar-refractivity contribution is 6.36. The minimum Gasteiger partial charge on any atom is -0.258 e. The summed E-state index contributed by atoms with van der Waals surface area (Å²) in [5.41, 5.74) is 0.649. The van der Waals surface area contributed by atoms with Gasteiger partial charge in [0.15, 0.2) is 0 Å². The first-order chi connectivity index (χ1) is 7.63. The Bertz CT molecular complexity index is 634. The van der Waals surface area contributed by atoms with Crippen molar-refractivity contribution in [3.63, 3.8) is 0 Å². The Hall–Kier alpha value is -2.19. The van der Waals surface area contributed by atoms with Gasteiger partial charge in [-0.1, -0.05) is 11.6 Å². The van der Waals surface area contributed by atoms with Crippen LogP contribution in [0.15, 0.2) is 24.4 Å². The van der Waals surface area contributed by atoms with E-state index < -0.39 is 4.92 Å². The van der Waals surface area contributed by atoms with Crippen molar-refractivity contribution in [2.45, 2.75) is 0 Å². The predicted molar refractivity (Wildman–Crippen MR) is 58.1 cm³/mol. The molecule has 0 amide bonds. The average molecular weight is 234 g/mol. The zero-order valence-corrected chi connectivity index (χ0v) is 8.60. The highest BCUT2D eigenvalue weighted by Crippen LogP contribution is 2.28. The molecule has 0 radical (unpaired) electrons. The fraction of sp³-hybridized carbons (Fsp3) is 0. The van der Waals surface area contributed by atoms with Crippen molar-refractivity contribution in [1.29, 1.82) is 5.26 Å². The molecule has 0 aliphatic heterocycles. The van der Waals surface area contributed by atoms with Gasteiger partial charge >= 0.3 is 0 Å². The summed E-state index contributed by atoms with van der Waals surface area (Å²) in [6.45, 7) is 0. The van der Waals surface area contributed by atoms with Gasteiger partial charge in [-0.05, 0) is 6.07 Å². The minimum atomic E-state index is -0.519. The van der Waals surface area contributed by atoms with E-state index >= 15 is 0 Å². The molecule has 0 bridgehead atoms. The normalized spacial score (nSPS) is 10.0. The number of fused-ring (bicyclic) bond motifs is 1. The van der Waals surface area contributed by atoms with Gasteiger partial charge in [0.1, 0.15) is 6.07 Å². The molecule has 1 aromatic carbocycles. The number of rotatable bonds is 1. The van der Waals surface area contributed by atoms with Crippen LogP contribution in [0.4, 0.5) is 5.69 Å². The number of halogens is 1.